The zero-order valence-corrected chi connectivity index (χ0v) is 25.7. The van der Waals surface area contributed by atoms with Gasteiger partial charge in [0.15, 0.2) is 5.12 Å². The molecule has 0 saturated heterocycles. The second-order valence-corrected chi connectivity index (χ2v) is 12.8. The van der Waals surface area contributed by atoms with Crippen LogP contribution in [0, 0.1) is 5.41 Å². The van der Waals surface area contributed by atoms with Gasteiger partial charge in [-0.15, -0.1) is 0 Å². The molecule has 1 atom stereocenters. The first-order chi connectivity index (χ1) is 18.4. The molecule has 2 amide bonds. The Labute approximate surface area is 238 Å². The van der Waals surface area contributed by atoms with Crippen molar-refractivity contribution in [2.45, 2.75) is 110 Å². The molecule has 0 aromatic heterocycles. The number of phosphoric ester groups is 1. The lowest BCUT2D eigenvalue weighted by molar-refractivity contribution is -0.137. The van der Waals surface area contributed by atoms with Gasteiger partial charge < -0.3 is 25.5 Å². The molecule has 12 heteroatoms. The quantitative estimate of drug-likeness (QED) is 0.0610. The fraction of sp³-hybridized carbons (Fsp3) is 0.815. The second-order valence-electron chi connectivity index (χ2n) is 10.4. The number of amides is 2. The lowest BCUT2D eigenvalue weighted by Crippen LogP contribution is -2.46. The number of nitrogens with one attached hydrogen (secondary N) is 2. The van der Waals surface area contributed by atoms with Crippen molar-refractivity contribution in [3.8, 4) is 0 Å². The molecule has 10 nitrogen and oxygen atoms in total. The average molecular weight is 595 g/mol. The number of aliphatic hydroxyl groups is 1. The highest BCUT2D eigenvalue weighted by Crippen LogP contribution is 2.38. The normalized spacial score (nSPS) is 13.0. The number of allylic oxidation sites excluding steroid dienone is 2. The molecule has 0 aliphatic carbocycles. The standard InChI is InChI=1S/C27H51N2O8PS/c1-4-5-6-7-8-9-10-11-12-13-14-15-16-17-24(31)39-21-20-28-23(30)18-19-29-26(33)25(32)27(2,3)22-37-38(34,35)36/h9-10,25,32H,4-8,11-22H2,1-3H3,(H,28,30)(H,29,33)(H2,34,35,36)/b10-9-/t25-/m0/s1. The molecule has 228 valence electrons. The van der Waals surface area contributed by atoms with Gasteiger partial charge in [-0.05, 0) is 32.1 Å². The monoisotopic (exact) mass is 594 g/mol. The van der Waals surface area contributed by atoms with Crippen LogP contribution in [0.5, 0.6) is 0 Å². The molecule has 0 fully saturated rings. The van der Waals surface area contributed by atoms with Crippen LogP contribution in [0.1, 0.15) is 104 Å². The predicted molar refractivity (Wildman–Crippen MR) is 156 cm³/mol. The Balaban J connectivity index is 3.74. The molecule has 39 heavy (non-hydrogen) atoms. The third-order valence-corrected chi connectivity index (χ3v) is 7.47. The Morgan fingerprint density at radius 3 is 2.10 bits per heavy atom. The van der Waals surface area contributed by atoms with E-state index in [-0.39, 0.29) is 24.0 Å². The molecule has 0 spiro atoms. The van der Waals surface area contributed by atoms with Crippen molar-refractivity contribution in [2.24, 2.45) is 5.41 Å². The second kappa shape index (κ2) is 22.5. The molecule has 0 radical (unpaired) electrons. The maximum atomic E-state index is 12.1. The minimum atomic E-state index is -4.72. The van der Waals surface area contributed by atoms with Gasteiger partial charge in [-0.1, -0.05) is 83.2 Å². The van der Waals surface area contributed by atoms with Gasteiger partial charge in [-0.25, -0.2) is 4.57 Å². The van der Waals surface area contributed by atoms with E-state index in [2.05, 4.69) is 34.2 Å². The van der Waals surface area contributed by atoms with E-state index >= 15 is 0 Å². The fourth-order valence-corrected chi connectivity index (χ4v) is 4.80. The van der Waals surface area contributed by atoms with Crippen LogP contribution in [0.25, 0.3) is 0 Å². The van der Waals surface area contributed by atoms with Crippen molar-refractivity contribution >= 4 is 36.5 Å². The van der Waals surface area contributed by atoms with Gasteiger partial charge in [0.2, 0.25) is 11.8 Å². The minimum absolute atomic E-state index is 0.00870. The molecular weight excluding hydrogens is 543 g/mol. The van der Waals surface area contributed by atoms with E-state index in [1.807, 2.05) is 0 Å². The smallest absolute Gasteiger partial charge is 0.383 e. The summed E-state index contributed by atoms with van der Waals surface area (Å²) in [5.74, 6) is -0.588. The number of hydrogen-bond acceptors (Lipinski definition) is 7. The zero-order chi connectivity index (χ0) is 29.6. The number of unbranched alkanes of at least 4 members (excludes halogenated alkanes) is 9. The van der Waals surface area contributed by atoms with Crippen molar-refractivity contribution in [2.75, 3.05) is 25.4 Å². The molecule has 0 saturated carbocycles. The van der Waals surface area contributed by atoms with Crippen molar-refractivity contribution in [1.82, 2.24) is 10.6 Å². The maximum Gasteiger partial charge on any atom is 0.469 e. The van der Waals surface area contributed by atoms with Gasteiger partial charge in [0.05, 0.1) is 6.61 Å². The average Bonchev–Trinajstić information content (AvgIpc) is 2.87. The van der Waals surface area contributed by atoms with Crippen LogP contribution < -0.4 is 10.6 Å². The Morgan fingerprint density at radius 2 is 1.49 bits per heavy atom. The van der Waals surface area contributed by atoms with Crippen LogP contribution in [0.4, 0.5) is 0 Å². The summed E-state index contributed by atoms with van der Waals surface area (Å²) in [6.45, 7) is 4.87. The molecule has 0 aromatic carbocycles. The fourth-order valence-electron chi connectivity index (χ4n) is 3.58. The Morgan fingerprint density at radius 1 is 0.897 bits per heavy atom. The predicted octanol–water partition coefficient (Wildman–Crippen LogP) is 4.62. The van der Waals surface area contributed by atoms with E-state index < -0.39 is 31.9 Å². The first kappa shape index (κ1) is 37.8. The van der Waals surface area contributed by atoms with Gasteiger partial charge in [0.25, 0.3) is 0 Å². The summed E-state index contributed by atoms with van der Waals surface area (Å²) in [7, 11) is -4.72. The van der Waals surface area contributed by atoms with Crippen LogP contribution in [-0.4, -0.2) is 63.4 Å². The molecule has 0 aromatic rings. The van der Waals surface area contributed by atoms with E-state index in [0.717, 1.165) is 25.7 Å². The molecule has 5 N–H and O–H groups in total. The summed E-state index contributed by atoms with van der Waals surface area (Å²) in [6, 6.07) is 0. The van der Waals surface area contributed by atoms with E-state index in [4.69, 9.17) is 9.79 Å². The lowest BCUT2D eigenvalue weighted by atomic mass is 9.87. The summed E-state index contributed by atoms with van der Waals surface area (Å²) in [6.07, 6.45) is 16.6. The molecule has 0 bridgehead atoms. The van der Waals surface area contributed by atoms with Gasteiger partial charge >= 0.3 is 7.82 Å². The summed E-state index contributed by atoms with van der Waals surface area (Å²) < 4.78 is 15.2. The number of carbonyl (C=O) groups excluding carboxylic acids is 3. The van der Waals surface area contributed by atoms with Crippen molar-refractivity contribution in [3.63, 3.8) is 0 Å². The first-order valence-electron chi connectivity index (χ1n) is 14.1. The highest BCUT2D eigenvalue weighted by atomic mass is 32.2. The van der Waals surface area contributed by atoms with Crippen molar-refractivity contribution in [1.29, 1.82) is 0 Å². The molecule has 0 aliphatic rings. The Kier molecular flexibility index (Phi) is 21.7. The van der Waals surface area contributed by atoms with Crippen molar-refractivity contribution in [3.05, 3.63) is 12.2 Å². The van der Waals surface area contributed by atoms with Crippen LogP contribution in [-0.2, 0) is 23.5 Å². The largest absolute Gasteiger partial charge is 0.469 e. The number of hydrogen-bond donors (Lipinski definition) is 5. The van der Waals surface area contributed by atoms with Gasteiger partial charge in [0, 0.05) is 37.1 Å². The summed E-state index contributed by atoms with van der Waals surface area (Å²) in [5.41, 5.74) is -1.25. The van der Waals surface area contributed by atoms with Crippen LogP contribution in [0.2, 0.25) is 0 Å². The van der Waals surface area contributed by atoms with Crippen molar-refractivity contribution < 1.29 is 38.4 Å². The van der Waals surface area contributed by atoms with Crippen LogP contribution >= 0.6 is 19.6 Å². The molecule has 0 aliphatic heterocycles. The van der Waals surface area contributed by atoms with E-state index in [1.165, 1.54) is 70.6 Å². The molecular formula is C27H51N2O8PS. The van der Waals surface area contributed by atoms with Gasteiger partial charge in [-0.2, -0.15) is 0 Å². The number of phosphoric acid groups is 1. The summed E-state index contributed by atoms with van der Waals surface area (Å²) in [5, 5.41) is 15.4. The third kappa shape index (κ3) is 23.2. The lowest BCUT2D eigenvalue weighted by Gasteiger charge is -2.29. The SMILES string of the molecule is CCCCCC/C=C\CCCCCCCC(=O)SCCNC(=O)CCNC(=O)[C@H](O)C(C)(C)COP(=O)(O)O. The van der Waals surface area contributed by atoms with Gasteiger partial charge in [-0.3, -0.25) is 18.9 Å². The molecule has 0 unspecified atom stereocenters. The number of thioether (sulfide) groups is 1. The van der Waals surface area contributed by atoms with Crippen LogP contribution in [0.15, 0.2) is 12.2 Å². The van der Waals surface area contributed by atoms with E-state index in [9.17, 15) is 24.1 Å². The maximum absolute atomic E-state index is 12.1. The topological polar surface area (TPSA) is 162 Å². The molecule has 0 heterocycles. The van der Waals surface area contributed by atoms with E-state index in [1.54, 1.807) is 0 Å². The summed E-state index contributed by atoms with van der Waals surface area (Å²) >= 11 is 1.21. The third-order valence-electron chi connectivity index (χ3n) is 6.07. The number of rotatable bonds is 24. The Bertz CT molecular complexity index is 773. The number of aliphatic hydroxyl groups excluding tert-OH is 1. The van der Waals surface area contributed by atoms with Gasteiger partial charge in [0.1, 0.15) is 6.10 Å². The highest BCUT2D eigenvalue weighted by molar-refractivity contribution is 8.13. The van der Waals surface area contributed by atoms with Crippen LogP contribution in [0.3, 0.4) is 0 Å². The minimum Gasteiger partial charge on any atom is -0.383 e. The zero-order valence-electron chi connectivity index (χ0n) is 24.0. The van der Waals surface area contributed by atoms with E-state index in [0.29, 0.717) is 18.7 Å². The molecule has 0 rings (SSSR count). The Hall–Kier alpha value is -1.23. The first-order valence-corrected chi connectivity index (χ1v) is 16.6. The summed E-state index contributed by atoms with van der Waals surface area (Å²) in [4.78, 5) is 53.6. The highest BCUT2D eigenvalue weighted by Gasteiger charge is 2.35. The number of carbonyl (C=O) groups is 3.